The Hall–Kier alpha value is -1.34. The number of piperidine rings is 1. The molecule has 1 N–H and O–H groups in total. The molecule has 3 rings (SSSR count). The van der Waals surface area contributed by atoms with E-state index in [0.717, 1.165) is 0 Å². The summed E-state index contributed by atoms with van der Waals surface area (Å²) < 4.78 is 0. The van der Waals surface area contributed by atoms with Gasteiger partial charge in [-0.15, -0.1) is 0 Å². The summed E-state index contributed by atoms with van der Waals surface area (Å²) >= 11 is 0. The molecule has 0 amide bonds. The van der Waals surface area contributed by atoms with Gasteiger partial charge in [0.05, 0.1) is 0 Å². The van der Waals surface area contributed by atoms with Crippen molar-refractivity contribution in [1.82, 2.24) is 5.32 Å². The molecule has 2 aliphatic rings. The fraction of sp³-hybridized carbons (Fsp3) is 0.500. The highest BCUT2D eigenvalue weighted by Crippen LogP contribution is 2.35. The van der Waals surface area contributed by atoms with Gasteiger partial charge in [-0.2, -0.15) is 0 Å². The molecule has 2 unspecified atom stereocenters. The molecule has 112 valence electrons. The summed E-state index contributed by atoms with van der Waals surface area (Å²) in [5.41, 5.74) is 4.32. The number of aryl methyl sites for hydroxylation is 1. The number of hydrogen-bond donors (Lipinski definition) is 1. The van der Waals surface area contributed by atoms with Gasteiger partial charge in [-0.05, 0) is 49.8 Å². The summed E-state index contributed by atoms with van der Waals surface area (Å²) in [7, 11) is 0. The van der Waals surface area contributed by atoms with Gasteiger partial charge in [-0.3, -0.25) is 0 Å². The second kappa shape index (κ2) is 6.62. The van der Waals surface area contributed by atoms with Crippen molar-refractivity contribution in [2.45, 2.75) is 51.5 Å². The molecule has 1 heterocycles. The first kappa shape index (κ1) is 14.6. The highest BCUT2D eigenvalue weighted by Gasteiger charge is 2.27. The number of benzene rings is 1. The quantitative estimate of drug-likeness (QED) is 0.843. The van der Waals surface area contributed by atoms with E-state index in [4.69, 9.17) is 0 Å². The van der Waals surface area contributed by atoms with E-state index in [-0.39, 0.29) is 0 Å². The first-order chi connectivity index (χ1) is 10.2. The molecule has 0 radical (unpaired) electrons. The molecule has 0 aromatic heterocycles. The van der Waals surface area contributed by atoms with Crippen LogP contribution in [0.1, 0.15) is 49.7 Å². The van der Waals surface area contributed by atoms with E-state index in [0.29, 0.717) is 17.9 Å². The molecule has 1 nitrogen and oxygen atoms in total. The van der Waals surface area contributed by atoms with Crippen LogP contribution in [0.3, 0.4) is 0 Å². The summed E-state index contributed by atoms with van der Waals surface area (Å²) in [4.78, 5) is 0. The first-order valence-corrected chi connectivity index (χ1v) is 8.42. The van der Waals surface area contributed by atoms with E-state index in [1.165, 1.54) is 48.9 Å². The molecule has 1 saturated heterocycles. The van der Waals surface area contributed by atoms with Crippen molar-refractivity contribution >= 4 is 0 Å². The summed E-state index contributed by atoms with van der Waals surface area (Å²) in [5, 5.41) is 3.77. The molecule has 0 saturated carbocycles. The van der Waals surface area contributed by atoms with Crippen LogP contribution >= 0.6 is 0 Å². The monoisotopic (exact) mass is 281 g/mol. The fourth-order valence-corrected chi connectivity index (χ4v) is 3.57. The van der Waals surface area contributed by atoms with E-state index in [1.807, 2.05) is 0 Å². The molecule has 0 spiro atoms. The van der Waals surface area contributed by atoms with Crippen LogP contribution in [0.15, 0.2) is 48.1 Å². The molecule has 1 aliphatic heterocycles. The topological polar surface area (TPSA) is 12.0 Å². The lowest BCUT2D eigenvalue weighted by atomic mass is 9.78. The maximum absolute atomic E-state index is 3.77. The third-order valence-electron chi connectivity index (χ3n) is 4.89. The van der Waals surface area contributed by atoms with Crippen molar-refractivity contribution in [3.63, 3.8) is 0 Å². The van der Waals surface area contributed by atoms with Gasteiger partial charge in [0, 0.05) is 12.0 Å². The zero-order valence-electron chi connectivity index (χ0n) is 13.3. The minimum Gasteiger partial charge on any atom is -0.313 e. The lowest BCUT2D eigenvalue weighted by molar-refractivity contribution is 0.371. The Bertz CT molecular complexity index is 517. The van der Waals surface area contributed by atoms with Crippen LogP contribution in [0.25, 0.3) is 0 Å². The number of allylic oxidation sites excluding steroid dienone is 3. The van der Waals surface area contributed by atoms with Crippen LogP contribution < -0.4 is 5.32 Å². The van der Waals surface area contributed by atoms with Crippen LogP contribution in [0.2, 0.25) is 0 Å². The Balaban J connectivity index is 1.90. The molecule has 21 heavy (non-hydrogen) atoms. The van der Waals surface area contributed by atoms with Gasteiger partial charge in [0.15, 0.2) is 0 Å². The lowest BCUT2D eigenvalue weighted by Gasteiger charge is -2.34. The minimum absolute atomic E-state index is 0.509. The number of nitrogens with one attached hydrogen (secondary N) is 1. The number of rotatable bonds is 3. The maximum atomic E-state index is 3.77. The number of hydrogen-bond acceptors (Lipinski definition) is 1. The molecule has 0 bridgehead atoms. The van der Waals surface area contributed by atoms with Gasteiger partial charge in [0.1, 0.15) is 0 Å². The third kappa shape index (κ3) is 3.47. The SMILES string of the molecule is Cc1ccc(C(C2=CCC(C)C=C2)[C@H]2CCCCN2)cc1. The van der Waals surface area contributed by atoms with E-state index in [9.17, 15) is 0 Å². The van der Waals surface area contributed by atoms with Crippen molar-refractivity contribution in [2.75, 3.05) is 6.54 Å². The van der Waals surface area contributed by atoms with Crippen LogP contribution in [0.5, 0.6) is 0 Å². The van der Waals surface area contributed by atoms with Gasteiger partial charge in [-0.1, -0.05) is 61.4 Å². The second-order valence-electron chi connectivity index (χ2n) is 6.72. The van der Waals surface area contributed by atoms with Gasteiger partial charge >= 0.3 is 0 Å². The largest absolute Gasteiger partial charge is 0.313 e. The van der Waals surface area contributed by atoms with Crippen molar-refractivity contribution in [3.8, 4) is 0 Å². The maximum Gasteiger partial charge on any atom is 0.0240 e. The highest BCUT2D eigenvalue weighted by atomic mass is 14.9. The predicted molar refractivity (Wildman–Crippen MR) is 90.6 cm³/mol. The Kier molecular flexibility index (Phi) is 4.60. The van der Waals surface area contributed by atoms with E-state index >= 15 is 0 Å². The molecule has 1 aliphatic carbocycles. The summed E-state index contributed by atoms with van der Waals surface area (Å²) in [6.45, 7) is 5.63. The van der Waals surface area contributed by atoms with E-state index < -0.39 is 0 Å². The Morgan fingerprint density at radius 2 is 1.95 bits per heavy atom. The average molecular weight is 281 g/mol. The molecular weight excluding hydrogens is 254 g/mol. The Morgan fingerprint density at radius 3 is 2.57 bits per heavy atom. The Labute approximate surface area is 129 Å². The van der Waals surface area contributed by atoms with Crippen LogP contribution in [-0.4, -0.2) is 12.6 Å². The third-order valence-corrected chi connectivity index (χ3v) is 4.89. The minimum atomic E-state index is 0.509. The average Bonchev–Trinajstić information content (AvgIpc) is 2.52. The van der Waals surface area contributed by atoms with Crippen LogP contribution in [0.4, 0.5) is 0 Å². The van der Waals surface area contributed by atoms with Crippen molar-refractivity contribution in [1.29, 1.82) is 0 Å². The normalized spacial score (nSPS) is 27.2. The predicted octanol–water partition coefficient (Wildman–Crippen LogP) is 4.74. The zero-order chi connectivity index (χ0) is 14.7. The van der Waals surface area contributed by atoms with E-state index in [2.05, 4.69) is 61.7 Å². The standard InChI is InChI=1S/C20H27N/c1-15-6-10-17(11-7-15)20(19-5-3-4-14-21-19)18-12-8-16(2)9-13-18/h6-8,10-13,16,19-21H,3-5,9,14H2,1-2H3/t16?,19-,20?/m1/s1. The summed E-state index contributed by atoms with van der Waals surface area (Å²) in [6.07, 6.45) is 12.4. The molecule has 1 aromatic rings. The lowest BCUT2D eigenvalue weighted by Crippen LogP contribution is -2.39. The van der Waals surface area contributed by atoms with Gasteiger partial charge in [0.25, 0.3) is 0 Å². The van der Waals surface area contributed by atoms with Crippen LogP contribution in [-0.2, 0) is 0 Å². The molecular formula is C20H27N. The molecule has 1 fully saturated rings. The van der Waals surface area contributed by atoms with Crippen molar-refractivity contribution in [2.24, 2.45) is 5.92 Å². The second-order valence-corrected chi connectivity index (χ2v) is 6.72. The summed E-state index contributed by atoms with van der Waals surface area (Å²) in [6, 6.07) is 9.74. The van der Waals surface area contributed by atoms with Gasteiger partial charge in [0.2, 0.25) is 0 Å². The first-order valence-electron chi connectivity index (χ1n) is 8.42. The molecule has 1 aromatic carbocycles. The van der Waals surface area contributed by atoms with Crippen LogP contribution in [0, 0.1) is 12.8 Å². The Morgan fingerprint density at radius 1 is 1.14 bits per heavy atom. The summed E-state index contributed by atoms with van der Waals surface area (Å²) in [5.74, 6) is 1.20. The van der Waals surface area contributed by atoms with Gasteiger partial charge in [-0.25, -0.2) is 0 Å². The van der Waals surface area contributed by atoms with Crippen molar-refractivity contribution < 1.29 is 0 Å². The fourth-order valence-electron chi connectivity index (χ4n) is 3.57. The van der Waals surface area contributed by atoms with Crippen molar-refractivity contribution in [3.05, 3.63) is 59.2 Å². The van der Waals surface area contributed by atoms with Gasteiger partial charge < -0.3 is 5.32 Å². The molecule has 1 heteroatoms. The smallest absolute Gasteiger partial charge is 0.0240 e. The highest BCUT2D eigenvalue weighted by molar-refractivity contribution is 5.39. The zero-order valence-corrected chi connectivity index (χ0v) is 13.3. The van der Waals surface area contributed by atoms with E-state index in [1.54, 1.807) is 0 Å². The molecule has 3 atom stereocenters.